The van der Waals surface area contributed by atoms with Crippen LogP contribution in [-0.2, 0) is 0 Å². The molecule has 0 aliphatic rings. The Balaban J connectivity index is 2.69. The molecule has 4 heteroatoms. The van der Waals surface area contributed by atoms with Gasteiger partial charge < -0.3 is 4.98 Å². The molecule has 0 unspecified atom stereocenters. The molecule has 1 rings (SSSR count). The Labute approximate surface area is 82.1 Å². The molecule has 0 aliphatic heterocycles. The van der Waals surface area contributed by atoms with Crippen LogP contribution in [0.2, 0.25) is 0 Å². The molecular formula is C10H12N2O2. The van der Waals surface area contributed by atoms with Gasteiger partial charge in [-0.25, -0.2) is 0 Å². The van der Waals surface area contributed by atoms with Crippen molar-refractivity contribution in [3.05, 3.63) is 51.5 Å². The van der Waals surface area contributed by atoms with E-state index in [2.05, 4.69) is 4.98 Å². The first-order chi connectivity index (χ1) is 6.59. The minimum Gasteiger partial charge on any atom is -0.362 e. The first kappa shape index (κ1) is 10.2. The van der Waals surface area contributed by atoms with Gasteiger partial charge in [0.1, 0.15) is 0 Å². The van der Waals surface area contributed by atoms with Crippen molar-refractivity contribution in [3.63, 3.8) is 0 Å². The van der Waals surface area contributed by atoms with E-state index in [4.69, 9.17) is 0 Å². The zero-order valence-corrected chi connectivity index (χ0v) is 8.15. The number of aryl methyl sites for hydroxylation is 2. The summed E-state index contributed by atoms with van der Waals surface area (Å²) in [4.78, 5) is 12.6. The fourth-order valence-electron chi connectivity index (χ4n) is 1.20. The van der Waals surface area contributed by atoms with Gasteiger partial charge in [-0.2, -0.15) is 0 Å². The molecule has 0 aromatic carbocycles. The Morgan fingerprint density at radius 3 is 2.64 bits per heavy atom. The molecule has 1 aromatic rings. The van der Waals surface area contributed by atoms with Gasteiger partial charge in [-0.05, 0) is 25.5 Å². The summed E-state index contributed by atoms with van der Waals surface area (Å²) in [7, 11) is 0. The molecule has 0 saturated carbocycles. The lowest BCUT2D eigenvalue weighted by molar-refractivity contribution is -0.402. The van der Waals surface area contributed by atoms with Crippen molar-refractivity contribution in [2.45, 2.75) is 13.8 Å². The number of aromatic amines is 1. The average Bonchev–Trinajstić information content (AvgIpc) is 2.39. The van der Waals surface area contributed by atoms with Gasteiger partial charge in [-0.1, -0.05) is 12.2 Å². The van der Waals surface area contributed by atoms with Crippen LogP contribution < -0.4 is 0 Å². The van der Waals surface area contributed by atoms with E-state index in [1.54, 1.807) is 6.08 Å². The van der Waals surface area contributed by atoms with Crippen LogP contribution in [0.1, 0.15) is 17.0 Å². The molecule has 1 aromatic heterocycles. The van der Waals surface area contributed by atoms with Crippen LogP contribution in [0.4, 0.5) is 0 Å². The number of nitrogens with zero attached hydrogens (tertiary/aromatic N) is 1. The lowest BCUT2D eigenvalue weighted by Gasteiger charge is -1.86. The zero-order valence-electron chi connectivity index (χ0n) is 8.15. The van der Waals surface area contributed by atoms with Gasteiger partial charge in [0.05, 0.1) is 4.92 Å². The van der Waals surface area contributed by atoms with Crippen molar-refractivity contribution in [2.24, 2.45) is 0 Å². The normalized spacial score (nSPS) is 11.6. The van der Waals surface area contributed by atoms with E-state index in [9.17, 15) is 10.1 Å². The molecule has 0 amide bonds. The summed E-state index contributed by atoms with van der Waals surface area (Å²) in [6.45, 7) is 3.93. The van der Waals surface area contributed by atoms with Crippen LogP contribution in [0.15, 0.2) is 24.4 Å². The molecule has 0 spiro atoms. The van der Waals surface area contributed by atoms with E-state index in [0.29, 0.717) is 0 Å². The highest BCUT2D eigenvalue weighted by molar-refractivity contribution is 5.54. The average molecular weight is 192 g/mol. The molecule has 0 bridgehead atoms. The maximum Gasteiger partial charge on any atom is 0.234 e. The van der Waals surface area contributed by atoms with Gasteiger partial charge in [-0.15, -0.1) is 0 Å². The minimum absolute atomic E-state index is 0.487. The molecule has 1 N–H and O–H groups in total. The van der Waals surface area contributed by atoms with Gasteiger partial charge in [-0.3, -0.25) is 10.1 Å². The highest BCUT2D eigenvalue weighted by atomic mass is 16.6. The van der Waals surface area contributed by atoms with Gasteiger partial charge in [0, 0.05) is 17.5 Å². The van der Waals surface area contributed by atoms with E-state index < -0.39 is 4.92 Å². The lowest BCUT2D eigenvalue weighted by Crippen LogP contribution is -1.80. The van der Waals surface area contributed by atoms with E-state index >= 15 is 0 Å². The minimum atomic E-state index is -0.487. The third-order valence-corrected chi connectivity index (χ3v) is 1.78. The second kappa shape index (κ2) is 4.41. The summed E-state index contributed by atoms with van der Waals surface area (Å²) in [6.07, 6.45) is 5.80. The van der Waals surface area contributed by atoms with Crippen molar-refractivity contribution in [1.29, 1.82) is 0 Å². The highest BCUT2D eigenvalue weighted by Gasteiger charge is 1.95. The largest absolute Gasteiger partial charge is 0.362 e. The monoisotopic (exact) mass is 192 g/mol. The molecule has 0 saturated heterocycles. The fraction of sp³-hybridized carbons (Fsp3) is 0.200. The molecule has 0 radical (unpaired) electrons. The van der Waals surface area contributed by atoms with Crippen LogP contribution in [0, 0.1) is 24.0 Å². The summed E-state index contributed by atoms with van der Waals surface area (Å²) >= 11 is 0. The first-order valence-corrected chi connectivity index (χ1v) is 4.24. The van der Waals surface area contributed by atoms with Crippen molar-refractivity contribution in [2.75, 3.05) is 0 Å². The second-order valence-electron chi connectivity index (χ2n) is 3.02. The smallest absolute Gasteiger partial charge is 0.234 e. The van der Waals surface area contributed by atoms with Crippen molar-refractivity contribution in [1.82, 2.24) is 4.98 Å². The van der Waals surface area contributed by atoms with Crippen LogP contribution in [0.25, 0.3) is 6.08 Å². The standard InChI is InChI=1S/C10H12N2O2/c1-8-7-10(9(2)11-8)5-3-4-6-12(13)14/h3-7,11H,1-2H3/b5-3+,6-4+. The molecule has 1 heterocycles. The Kier molecular flexibility index (Phi) is 3.23. The number of H-pyrrole nitrogens is 1. The van der Waals surface area contributed by atoms with Crippen molar-refractivity contribution >= 4 is 6.08 Å². The van der Waals surface area contributed by atoms with Gasteiger partial charge in [0.2, 0.25) is 6.20 Å². The van der Waals surface area contributed by atoms with E-state index in [0.717, 1.165) is 23.2 Å². The second-order valence-corrected chi connectivity index (χ2v) is 3.02. The van der Waals surface area contributed by atoms with Crippen molar-refractivity contribution in [3.8, 4) is 0 Å². The Morgan fingerprint density at radius 2 is 2.14 bits per heavy atom. The van der Waals surface area contributed by atoms with E-state index in [1.807, 2.05) is 26.0 Å². The van der Waals surface area contributed by atoms with Crippen LogP contribution in [-0.4, -0.2) is 9.91 Å². The Morgan fingerprint density at radius 1 is 1.43 bits per heavy atom. The van der Waals surface area contributed by atoms with Crippen LogP contribution in [0.3, 0.4) is 0 Å². The molecule has 0 fully saturated rings. The predicted molar refractivity (Wildman–Crippen MR) is 55.4 cm³/mol. The van der Waals surface area contributed by atoms with Gasteiger partial charge in [0.15, 0.2) is 0 Å². The number of hydrogen-bond donors (Lipinski definition) is 1. The first-order valence-electron chi connectivity index (χ1n) is 4.24. The summed E-state index contributed by atoms with van der Waals surface area (Å²) in [5.41, 5.74) is 3.20. The van der Waals surface area contributed by atoms with E-state index in [1.165, 1.54) is 6.08 Å². The number of nitro groups is 1. The number of hydrogen-bond acceptors (Lipinski definition) is 2. The maximum atomic E-state index is 9.96. The summed E-state index contributed by atoms with van der Waals surface area (Å²) in [5, 5.41) is 9.96. The van der Waals surface area contributed by atoms with Crippen molar-refractivity contribution < 1.29 is 4.92 Å². The molecule has 4 nitrogen and oxygen atoms in total. The zero-order chi connectivity index (χ0) is 10.6. The third-order valence-electron chi connectivity index (χ3n) is 1.78. The van der Waals surface area contributed by atoms with Gasteiger partial charge >= 0.3 is 0 Å². The maximum absolute atomic E-state index is 9.96. The molecular weight excluding hydrogens is 180 g/mol. The number of nitrogens with one attached hydrogen (secondary N) is 1. The van der Waals surface area contributed by atoms with Gasteiger partial charge in [0.25, 0.3) is 0 Å². The lowest BCUT2D eigenvalue weighted by atomic mass is 10.2. The number of allylic oxidation sites excluding steroid dienone is 2. The fourth-order valence-corrected chi connectivity index (χ4v) is 1.20. The summed E-state index contributed by atoms with van der Waals surface area (Å²) in [6, 6.07) is 1.99. The van der Waals surface area contributed by atoms with Crippen LogP contribution in [0.5, 0.6) is 0 Å². The third kappa shape index (κ3) is 2.90. The highest BCUT2D eigenvalue weighted by Crippen LogP contribution is 2.10. The molecule has 74 valence electrons. The SMILES string of the molecule is Cc1cc(/C=C/C=C/[N+](=O)[O-])c(C)[nH]1. The molecule has 0 atom stereocenters. The predicted octanol–water partition coefficient (Wildman–Crippen LogP) is 2.44. The van der Waals surface area contributed by atoms with Crippen LogP contribution >= 0.6 is 0 Å². The topological polar surface area (TPSA) is 58.9 Å². The van der Waals surface area contributed by atoms with E-state index in [-0.39, 0.29) is 0 Å². The number of aromatic nitrogens is 1. The quantitative estimate of drug-likeness (QED) is 0.454. The molecule has 14 heavy (non-hydrogen) atoms. The Hall–Kier alpha value is -1.84. The number of rotatable bonds is 3. The summed E-state index contributed by atoms with van der Waals surface area (Å²) < 4.78 is 0. The molecule has 0 aliphatic carbocycles. The Bertz CT molecular complexity index is 389. The summed E-state index contributed by atoms with van der Waals surface area (Å²) in [5.74, 6) is 0.